The Balaban J connectivity index is 2.07. The first-order valence-corrected chi connectivity index (χ1v) is 6.59. The lowest BCUT2D eigenvalue weighted by Crippen LogP contribution is -2.09. The highest BCUT2D eigenvalue weighted by molar-refractivity contribution is 5.36. The molecule has 0 saturated carbocycles. The van der Waals surface area contributed by atoms with Crippen LogP contribution in [0.15, 0.2) is 22.7 Å². The third kappa shape index (κ3) is 3.54. The summed E-state index contributed by atoms with van der Waals surface area (Å²) in [6.07, 6.45) is 1.67. The summed E-state index contributed by atoms with van der Waals surface area (Å²) in [7, 11) is 0. The number of nitrogens with zero attached hydrogens (tertiary/aromatic N) is 2. The van der Waals surface area contributed by atoms with Gasteiger partial charge in [-0.15, -0.1) is 0 Å². The van der Waals surface area contributed by atoms with Crippen LogP contribution in [0.4, 0.5) is 4.39 Å². The standard InChI is InChI=1S/C14H18FN3O2/c1-3-4-14-17-13(18-20-14)8-19-12-7-10(15)5-6-11(12)9(2)16/h5-7,9H,3-4,8,16H2,1-2H3/t9-/m0/s1. The molecule has 0 aliphatic rings. The van der Waals surface area contributed by atoms with Crippen LogP contribution in [-0.4, -0.2) is 10.1 Å². The van der Waals surface area contributed by atoms with Crippen LogP contribution in [0.2, 0.25) is 0 Å². The minimum absolute atomic E-state index is 0.121. The minimum Gasteiger partial charge on any atom is -0.485 e. The Morgan fingerprint density at radius 1 is 1.45 bits per heavy atom. The van der Waals surface area contributed by atoms with Gasteiger partial charge in [-0.05, 0) is 19.4 Å². The molecular formula is C14H18FN3O2. The predicted octanol–water partition coefficient (Wildman–Crippen LogP) is 2.76. The zero-order valence-corrected chi connectivity index (χ0v) is 11.6. The topological polar surface area (TPSA) is 74.2 Å². The molecule has 1 atom stereocenters. The van der Waals surface area contributed by atoms with E-state index in [4.69, 9.17) is 15.0 Å². The van der Waals surface area contributed by atoms with Crippen molar-refractivity contribution in [1.29, 1.82) is 0 Å². The van der Waals surface area contributed by atoms with E-state index in [9.17, 15) is 4.39 Å². The van der Waals surface area contributed by atoms with E-state index in [1.165, 1.54) is 12.1 Å². The monoisotopic (exact) mass is 279 g/mol. The average molecular weight is 279 g/mol. The average Bonchev–Trinajstić information content (AvgIpc) is 2.84. The van der Waals surface area contributed by atoms with Crippen molar-refractivity contribution in [3.63, 3.8) is 0 Å². The van der Waals surface area contributed by atoms with Gasteiger partial charge in [-0.3, -0.25) is 0 Å². The SMILES string of the molecule is CCCc1nc(COc2cc(F)ccc2[C@H](C)N)no1. The molecule has 1 aromatic heterocycles. The maximum Gasteiger partial charge on any atom is 0.226 e. The Morgan fingerprint density at radius 3 is 2.95 bits per heavy atom. The van der Waals surface area contributed by atoms with Gasteiger partial charge < -0.3 is 15.0 Å². The van der Waals surface area contributed by atoms with E-state index >= 15 is 0 Å². The fourth-order valence-electron chi connectivity index (χ4n) is 1.82. The summed E-state index contributed by atoms with van der Waals surface area (Å²) in [5.74, 6) is 1.05. The molecule has 2 N–H and O–H groups in total. The van der Waals surface area contributed by atoms with Crippen molar-refractivity contribution in [2.75, 3.05) is 0 Å². The number of ether oxygens (including phenoxy) is 1. The highest BCUT2D eigenvalue weighted by atomic mass is 19.1. The van der Waals surface area contributed by atoms with Gasteiger partial charge in [0.05, 0.1) is 0 Å². The zero-order valence-electron chi connectivity index (χ0n) is 11.6. The van der Waals surface area contributed by atoms with E-state index in [2.05, 4.69) is 10.1 Å². The van der Waals surface area contributed by atoms with Gasteiger partial charge in [0, 0.05) is 24.1 Å². The predicted molar refractivity (Wildman–Crippen MR) is 71.6 cm³/mol. The number of rotatable bonds is 6. The minimum atomic E-state index is -0.371. The third-order valence-electron chi connectivity index (χ3n) is 2.80. The fourth-order valence-corrected chi connectivity index (χ4v) is 1.82. The lowest BCUT2D eigenvalue weighted by atomic mass is 10.1. The van der Waals surface area contributed by atoms with E-state index in [1.54, 1.807) is 6.07 Å². The molecule has 0 bridgehead atoms. The van der Waals surface area contributed by atoms with Crippen LogP contribution >= 0.6 is 0 Å². The van der Waals surface area contributed by atoms with E-state index in [0.29, 0.717) is 17.5 Å². The van der Waals surface area contributed by atoms with Crippen molar-refractivity contribution in [2.45, 2.75) is 39.3 Å². The maximum absolute atomic E-state index is 13.3. The fraction of sp³-hybridized carbons (Fsp3) is 0.429. The summed E-state index contributed by atoms with van der Waals surface area (Å²) >= 11 is 0. The molecule has 0 spiro atoms. The Kier molecular flexibility index (Phi) is 4.68. The highest BCUT2D eigenvalue weighted by Crippen LogP contribution is 2.25. The van der Waals surface area contributed by atoms with Gasteiger partial charge in [0.25, 0.3) is 0 Å². The molecule has 1 heterocycles. The van der Waals surface area contributed by atoms with Gasteiger partial charge in [-0.1, -0.05) is 18.1 Å². The molecule has 5 nitrogen and oxygen atoms in total. The summed E-state index contributed by atoms with van der Waals surface area (Å²) in [6.45, 7) is 3.96. The van der Waals surface area contributed by atoms with Gasteiger partial charge in [0.2, 0.25) is 11.7 Å². The lowest BCUT2D eigenvalue weighted by Gasteiger charge is -2.12. The summed E-state index contributed by atoms with van der Waals surface area (Å²) < 4.78 is 23.9. The van der Waals surface area contributed by atoms with E-state index in [-0.39, 0.29) is 18.5 Å². The third-order valence-corrected chi connectivity index (χ3v) is 2.80. The van der Waals surface area contributed by atoms with Gasteiger partial charge in [0.15, 0.2) is 6.61 Å². The Labute approximate surface area is 116 Å². The van der Waals surface area contributed by atoms with Crippen LogP contribution < -0.4 is 10.5 Å². The summed E-state index contributed by atoms with van der Waals surface area (Å²) in [5, 5.41) is 3.81. The van der Waals surface area contributed by atoms with Gasteiger partial charge in [-0.2, -0.15) is 4.98 Å². The van der Waals surface area contributed by atoms with E-state index in [0.717, 1.165) is 18.4 Å². The largest absolute Gasteiger partial charge is 0.485 e. The van der Waals surface area contributed by atoms with Crippen LogP contribution in [-0.2, 0) is 13.0 Å². The summed E-state index contributed by atoms with van der Waals surface area (Å²) in [4.78, 5) is 4.18. The molecule has 0 fully saturated rings. The van der Waals surface area contributed by atoms with Crippen molar-refractivity contribution in [1.82, 2.24) is 10.1 Å². The van der Waals surface area contributed by atoms with Gasteiger partial charge >= 0.3 is 0 Å². The number of hydrogen-bond donors (Lipinski definition) is 1. The van der Waals surface area contributed by atoms with Crippen molar-refractivity contribution in [2.24, 2.45) is 5.73 Å². The highest BCUT2D eigenvalue weighted by Gasteiger charge is 2.11. The maximum atomic E-state index is 13.3. The second kappa shape index (κ2) is 6.47. The summed E-state index contributed by atoms with van der Waals surface area (Å²) in [5.41, 5.74) is 6.56. The lowest BCUT2D eigenvalue weighted by molar-refractivity contribution is 0.280. The molecule has 0 radical (unpaired) electrons. The van der Waals surface area contributed by atoms with Crippen molar-refractivity contribution >= 4 is 0 Å². The molecule has 1 aromatic carbocycles. The van der Waals surface area contributed by atoms with Gasteiger partial charge in [0.1, 0.15) is 11.6 Å². The first-order valence-electron chi connectivity index (χ1n) is 6.59. The quantitative estimate of drug-likeness (QED) is 0.880. The second-order valence-electron chi connectivity index (χ2n) is 4.61. The molecule has 108 valence electrons. The smallest absolute Gasteiger partial charge is 0.226 e. The first kappa shape index (κ1) is 14.5. The number of aryl methyl sites for hydroxylation is 1. The Hall–Kier alpha value is -1.95. The van der Waals surface area contributed by atoms with Crippen LogP contribution in [0.1, 0.15) is 43.6 Å². The molecular weight excluding hydrogens is 261 g/mol. The van der Waals surface area contributed by atoms with Crippen molar-refractivity contribution in [3.05, 3.63) is 41.3 Å². The molecule has 2 rings (SSSR count). The Bertz CT molecular complexity index is 569. The molecule has 0 aliphatic carbocycles. The molecule has 0 unspecified atom stereocenters. The molecule has 20 heavy (non-hydrogen) atoms. The molecule has 2 aromatic rings. The molecule has 0 saturated heterocycles. The number of hydrogen-bond acceptors (Lipinski definition) is 5. The number of benzene rings is 1. The first-order chi connectivity index (χ1) is 9.60. The Morgan fingerprint density at radius 2 is 2.25 bits per heavy atom. The number of aromatic nitrogens is 2. The van der Waals surface area contributed by atoms with Crippen LogP contribution in [0, 0.1) is 5.82 Å². The molecule has 0 amide bonds. The van der Waals surface area contributed by atoms with E-state index < -0.39 is 0 Å². The van der Waals surface area contributed by atoms with Crippen LogP contribution in [0.3, 0.4) is 0 Å². The number of nitrogens with two attached hydrogens (primary N) is 1. The van der Waals surface area contributed by atoms with Crippen molar-refractivity contribution in [3.8, 4) is 5.75 Å². The van der Waals surface area contributed by atoms with Gasteiger partial charge in [-0.25, -0.2) is 4.39 Å². The number of halogens is 1. The van der Waals surface area contributed by atoms with Crippen molar-refractivity contribution < 1.29 is 13.7 Å². The van der Waals surface area contributed by atoms with E-state index in [1.807, 2.05) is 13.8 Å². The second-order valence-corrected chi connectivity index (χ2v) is 4.61. The van der Waals surface area contributed by atoms with Crippen LogP contribution in [0.25, 0.3) is 0 Å². The molecule has 0 aliphatic heterocycles. The normalized spacial score (nSPS) is 12.4. The zero-order chi connectivity index (χ0) is 14.5. The summed E-state index contributed by atoms with van der Waals surface area (Å²) in [6, 6.07) is 4.05. The van der Waals surface area contributed by atoms with Crippen LogP contribution in [0.5, 0.6) is 5.75 Å². The molecule has 6 heteroatoms.